The third-order valence-electron chi connectivity index (χ3n) is 6.95. The zero-order valence-corrected chi connectivity index (χ0v) is 20.4. The summed E-state index contributed by atoms with van der Waals surface area (Å²) in [6.07, 6.45) is 7.67. The molecule has 1 aromatic carbocycles. The second kappa shape index (κ2) is 10.1. The van der Waals surface area contributed by atoms with E-state index in [0.29, 0.717) is 6.04 Å². The number of fused-ring (bicyclic) bond motifs is 1. The largest absolute Gasteiger partial charge is 0.378 e. The maximum atomic E-state index is 5.49. The maximum absolute atomic E-state index is 5.49. The topological polar surface area (TPSA) is 107 Å². The Hall–Kier alpha value is -3.76. The van der Waals surface area contributed by atoms with Crippen LogP contribution in [-0.4, -0.2) is 77.4 Å². The zero-order valence-electron chi connectivity index (χ0n) is 20.4. The predicted octanol–water partition coefficient (Wildman–Crippen LogP) is 3.18. The Morgan fingerprint density at radius 1 is 0.944 bits per heavy atom. The minimum absolute atomic E-state index is 0.494. The van der Waals surface area contributed by atoms with Gasteiger partial charge in [-0.3, -0.25) is 0 Å². The zero-order chi connectivity index (χ0) is 24.3. The van der Waals surface area contributed by atoms with Crippen molar-refractivity contribution in [2.45, 2.75) is 18.9 Å². The number of hydrogen-bond donors (Lipinski definition) is 3. The SMILES string of the molecule is CN[C@@H]1CCCN(c2ncc(Nc3ccc(-c4cc5c(N6CCOCC6)ncnc5[nH]4)cc3)cn2)C1. The molecule has 2 saturated heterocycles. The summed E-state index contributed by atoms with van der Waals surface area (Å²) in [5, 5.41) is 7.80. The van der Waals surface area contributed by atoms with Crippen LogP contribution < -0.4 is 20.4 Å². The third-order valence-corrected chi connectivity index (χ3v) is 6.95. The highest BCUT2D eigenvalue weighted by Gasteiger charge is 2.20. The summed E-state index contributed by atoms with van der Waals surface area (Å²) < 4.78 is 5.49. The number of nitrogens with zero attached hydrogens (tertiary/aromatic N) is 6. The lowest BCUT2D eigenvalue weighted by Gasteiger charge is -2.32. The quantitative estimate of drug-likeness (QED) is 0.380. The summed E-state index contributed by atoms with van der Waals surface area (Å²) in [7, 11) is 2.02. The molecule has 3 aromatic heterocycles. The van der Waals surface area contributed by atoms with Crippen molar-refractivity contribution in [3.05, 3.63) is 49.1 Å². The van der Waals surface area contributed by atoms with Gasteiger partial charge in [-0.2, -0.15) is 0 Å². The van der Waals surface area contributed by atoms with Crippen molar-refractivity contribution in [2.75, 3.05) is 61.6 Å². The molecule has 3 N–H and O–H groups in total. The Labute approximate surface area is 210 Å². The predicted molar refractivity (Wildman–Crippen MR) is 142 cm³/mol. The van der Waals surface area contributed by atoms with Gasteiger partial charge >= 0.3 is 0 Å². The number of piperidine rings is 1. The Bertz CT molecular complexity index is 1300. The standard InChI is InChI=1S/C26H31N9O/c1-27-20-3-2-8-35(16-20)26-28-14-21(15-29-26)32-19-6-4-18(5-7-19)23-13-22-24(33-23)30-17-31-25(22)34-9-11-36-12-10-34/h4-7,13-15,17,20,27,32H,2-3,8-12,16H2,1H3,(H,30,31,33)/t20-/m1/s1. The lowest BCUT2D eigenvalue weighted by atomic mass is 10.1. The number of aromatic amines is 1. The van der Waals surface area contributed by atoms with E-state index in [2.05, 4.69) is 75.7 Å². The molecule has 36 heavy (non-hydrogen) atoms. The van der Waals surface area contributed by atoms with E-state index in [1.165, 1.54) is 6.42 Å². The molecule has 5 heterocycles. The highest BCUT2D eigenvalue weighted by atomic mass is 16.5. The molecule has 2 aliphatic heterocycles. The summed E-state index contributed by atoms with van der Waals surface area (Å²) in [6, 6.07) is 10.9. The monoisotopic (exact) mass is 485 g/mol. The Balaban J connectivity index is 1.15. The first-order chi connectivity index (χ1) is 17.8. The number of nitrogens with one attached hydrogen (secondary N) is 3. The summed E-state index contributed by atoms with van der Waals surface area (Å²) in [6.45, 7) is 5.07. The first kappa shape index (κ1) is 22.7. The average Bonchev–Trinajstić information content (AvgIpc) is 3.39. The molecule has 0 aliphatic carbocycles. The molecule has 1 atom stereocenters. The molecule has 0 saturated carbocycles. The van der Waals surface area contributed by atoms with Gasteiger partial charge in [0.25, 0.3) is 0 Å². The molecule has 0 spiro atoms. The normalized spacial score (nSPS) is 18.5. The first-order valence-corrected chi connectivity index (χ1v) is 12.5. The van der Waals surface area contributed by atoms with Crippen LogP contribution in [0.15, 0.2) is 49.1 Å². The van der Waals surface area contributed by atoms with Crippen LogP contribution in [0.3, 0.4) is 0 Å². The number of hydrogen-bond acceptors (Lipinski definition) is 9. The third kappa shape index (κ3) is 4.69. The summed E-state index contributed by atoms with van der Waals surface area (Å²) in [4.78, 5) is 26.2. The van der Waals surface area contributed by atoms with Crippen LogP contribution in [-0.2, 0) is 4.74 Å². The van der Waals surface area contributed by atoms with E-state index < -0.39 is 0 Å². The van der Waals surface area contributed by atoms with Crippen LogP contribution in [0.5, 0.6) is 0 Å². The molecule has 10 nitrogen and oxygen atoms in total. The second-order valence-corrected chi connectivity index (χ2v) is 9.29. The van der Waals surface area contributed by atoms with Crippen molar-refractivity contribution < 1.29 is 4.74 Å². The van der Waals surface area contributed by atoms with Crippen LogP contribution in [0.2, 0.25) is 0 Å². The van der Waals surface area contributed by atoms with Crippen molar-refractivity contribution in [3.63, 3.8) is 0 Å². The van der Waals surface area contributed by atoms with Gasteiger partial charge in [-0.05, 0) is 43.7 Å². The van der Waals surface area contributed by atoms with Crippen molar-refractivity contribution in [1.82, 2.24) is 30.2 Å². The van der Waals surface area contributed by atoms with Gasteiger partial charge in [0.05, 0.1) is 36.7 Å². The van der Waals surface area contributed by atoms with Gasteiger partial charge in [-0.15, -0.1) is 0 Å². The maximum Gasteiger partial charge on any atom is 0.225 e. The minimum atomic E-state index is 0.494. The van der Waals surface area contributed by atoms with Gasteiger partial charge in [0.2, 0.25) is 5.95 Å². The molecule has 0 unspecified atom stereocenters. The molecule has 186 valence electrons. The fourth-order valence-corrected chi connectivity index (χ4v) is 4.95. The van der Waals surface area contributed by atoms with E-state index in [9.17, 15) is 0 Å². The van der Waals surface area contributed by atoms with Gasteiger partial charge in [-0.1, -0.05) is 12.1 Å². The molecule has 0 radical (unpaired) electrons. The van der Waals surface area contributed by atoms with E-state index in [-0.39, 0.29) is 0 Å². The molecule has 2 fully saturated rings. The lowest BCUT2D eigenvalue weighted by Crippen LogP contribution is -2.45. The Morgan fingerprint density at radius 3 is 2.53 bits per heavy atom. The number of benzene rings is 1. The Kier molecular flexibility index (Phi) is 6.35. The number of H-pyrrole nitrogens is 1. The fraction of sp³-hybridized carbons (Fsp3) is 0.385. The minimum Gasteiger partial charge on any atom is -0.378 e. The van der Waals surface area contributed by atoms with Gasteiger partial charge < -0.3 is 30.2 Å². The molecule has 10 heteroatoms. The van der Waals surface area contributed by atoms with Gasteiger partial charge in [0, 0.05) is 43.6 Å². The van der Waals surface area contributed by atoms with E-state index in [0.717, 1.165) is 91.2 Å². The van der Waals surface area contributed by atoms with Crippen molar-refractivity contribution >= 4 is 34.2 Å². The van der Waals surface area contributed by atoms with Gasteiger partial charge in [0.1, 0.15) is 17.8 Å². The number of ether oxygens (including phenoxy) is 1. The molecular weight excluding hydrogens is 454 g/mol. The van der Waals surface area contributed by atoms with Crippen LogP contribution >= 0.6 is 0 Å². The van der Waals surface area contributed by atoms with E-state index >= 15 is 0 Å². The van der Waals surface area contributed by atoms with E-state index in [1.54, 1.807) is 6.33 Å². The number of likely N-dealkylation sites (N-methyl/N-ethyl adjacent to an activating group) is 1. The van der Waals surface area contributed by atoms with Crippen LogP contribution in [0.1, 0.15) is 12.8 Å². The summed E-state index contributed by atoms with van der Waals surface area (Å²) >= 11 is 0. The van der Waals surface area contributed by atoms with Crippen LogP contribution in [0, 0.1) is 0 Å². The van der Waals surface area contributed by atoms with Crippen molar-refractivity contribution in [3.8, 4) is 11.3 Å². The van der Waals surface area contributed by atoms with E-state index in [4.69, 9.17) is 4.74 Å². The number of morpholine rings is 1. The summed E-state index contributed by atoms with van der Waals surface area (Å²) in [5.74, 6) is 1.74. The second-order valence-electron chi connectivity index (χ2n) is 9.29. The van der Waals surface area contributed by atoms with Gasteiger partial charge in [-0.25, -0.2) is 19.9 Å². The molecule has 0 amide bonds. The van der Waals surface area contributed by atoms with E-state index in [1.807, 2.05) is 19.4 Å². The lowest BCUT2D eigenvalue weighted by molar-refractivity contribution is 0.122. The average molecular weight is 486 g/mol. The number of aromatic nitrogens is 5. The number of anilines is 4. The fourth-order valence-electron chi connectivity index (χ4n) is 4.95. The van der Waals surface area contributed by atoms with Crippen LogP contribution in [0.25, 0.3) is 22.3 Å². The Morgan fingerprint density at radius 2 is 1.75 bits per heavy atom. The molecule has 6 rings (SSSR count). The smallest absolute Gasteiger partial charge is 0.225 e. The van der Waals surface area contributed by atoms with Crippen molar-refractivity contribution in [1.29, 1.82) is 0 Å². The first-order valence-electron chi connectivity index (χ1n) is 12.5. The highest BCUT2D eigenvalue weighted by Crippen LogP contribution is 2.30. The van der Waals surface area contributed by atoms with Gasteiger partial charge in [0.15, 0.2) is 0 Å². The molecule has 2 aliphatic rings. The molecule has 0 bridgehead atoms. The van der Waals surface area contributed by atoms with Crippen LogP contribution in [0.4, 0.5) is 23.1 Å². The number of rotatable bonds is 6. The highest BCUT2D eigenvalue weighted by molar-refractivity contribution is 5.92. The molecule has 4 aromatic rings. The molecular formula is C26H31N9O. The summed E-state index contributed by atoms with van der Waals surface area (Å²) in [5.41, 5.74) is 4.79. The van der Waals surface area contributed by atoms with Crippen molar-refractivity contribution in [2.24, 2.45) is 0 Å².